The number of benzene rings is 2. The molecule has 3 aromatic rings. The molecule has 1 unspecified atom stereocenters. The van der Waals surface area contributed by atoms with Gasteiger partial charge in [0.25, 0.3) is 0 Å². The molecule has 7 rings (SSSR count). The van der Waals surface area contributed by atoms with Crippen LogP contribution in [0.4, 0.5) is 15.3 Å². The smallest absolute Gasteiger partial charge is 0.361 e. The van der Waals surface area contributed by atoms with E-state index in [2.05, 4.69) is 39.7 Å². The van der Waals surface area contributed by atoms with Crippen LogP contribution in [0.25, 0.3) is 10.9 Å². The average molecular weight is 656 g/mol. The number of aromatic nitrogens is 1. The van der Waals surface area contributed by atoms with E-state index in [-0.39, 0.29) is 18.0 Å². The van der Waals surface area contributed by atoms with E-state index in [4.69, 9.17) is 4.84 Å². The van der Waals surface area contributed by atoms with Gasteiger partial charge in [0, 0.05) is 62.6 Å². The van der Waals surface area contributed by atoms with Crippen molar-refractivity contribution in [1.29, 1.82) is 0 Å². The molecule has 2 aromatic carbocycles. The summed E-state index contributed by atoms with van der Waals surface area (Å²) in [5, 5.41) is 8.75. The molecule has 0 saturated carbocycles. The fraction of sp³-hybridized carbons (Fsp3) is 0.541. The molecule has 4 amide bonds. The number of rotatable bonds is 7. The standard InChI is InChI=1S/C37H49N7O4/c1-41-17-9-27(10-18-41)28-11-19-42(20-12-28)35(45)34(25-26-6-7-32-30(24-26)8-16-38-32)40-37(47)48-43-21-14-31(15-22-43)44-23-13-29-4-2-3-5-33(29)39-36(44)46/h2-8,16,24,27-28,31,34,38H,9-15,17-23,25H2,1H3,(H,39,46)(H,40,47). The summed E-state index contributed by atoms with van der Waals surface area (Å²) in [7, 11) is 2.20. The molecule has 3 fully saturated rings. The molecule has 256 valence electrons. The lowest BCUT2D eigenvalue weighted by Gasteiger charge is -2.40. The number of para-hydroxylation sites is 1. The third-order valence-electron chi connectivity index (χ3n) is 11.1. The van der Waals surface area contributed by atoms with Crippen LogP contribution < -0.4 is 10.6 Å². The molecule has 4 aliphatic heterocycles. The Kier molecular flexibility index (Phi) is 9.86. The fourth-order valence-electron chi connectivity index (χ4n) is 8.25. The van der Waals surface area contributed by atoms with Crippen molar-refractivity contribution in [2.45, 2.75) is 63.5 Å². The van der Waals surface area contributed by atoms with Gasteiger partial charge >= 0.3 is 12.1 Å². The maximum atomic E-state index is 14.0. The minimum atomic E-state index is -0.728. The highest BCUT2D eigenvalue weighted by Gasteiger charge is 2.35. The van der Waals surface area contributed by atoms with Crippen LogP contribution >= 0.6 is 0 Å². The second-order valence-electron chi connectivity index (χ2n) is 14.2. The lowest BCUT2D eigenvalue weighted by Crippen LogP contribution is -2.54. The van der Waals surface area contributed by atoms with Gasteiger partial charge in [0.2, 0.25) is 5.91 Å². The Labute approximate surface area is 282 Å². The number of anilines is 1. The number of likely N-dealkylation sites (tertiary alicyclic amines) is 2. The van der Waals surface area contributed by atoms with Crippen LogP contribution in [0.3, 0.4) is 0 Å². The van der Waals surface area contributed by atoms with Gasteiger partial charge in [0.1, 0.15) is 6.04 Å². The summed E-state index contributed by atoms with van der Waals surface area (Å²) in [5.74, 6) is 1.35. The van der Waals surface area contributed by atoms with Crippen molar-refractivity contribution in [3.05, 3.63) is 65.9 Å². The molecule has 11 nitrogen and oxygen atoms in total. The summed E-state index contributed by atoms with van der Waals surface area (Å²) < 4.78 is 0. The zero-order valence-corrected chi connectivity index (χ0v) is 28.0. The quantitative estimate of drug-likeness (QED) is 0.336. The first kappa shape index (κ1) is 32.5. The molecular weight excluding hydrogens is 606 g/mol. The van der Waals surface area contributed by atoms with E-state index in [1.807, 2.05) is 52.4 Å². The first-order chi connectivity index (χ1) is 23.4. The van der Waals surface area contributed by atoms with E-state index < -0.39 is 12.1 Å². The normalized spacial score (nSPS) is 21.4. The molecule has 3 saturated heterocycles. The number of aromatic amines is 1. The van der Waals surface area contributed by atoms with Crippen molar-refractivity contribution in [3.8, 4) is 0 Å². The minimum Gasteiger partial charge on any atom is -0.361 e. The second-order valence-corrected chi connectivity index (χ2v) is 14.2. The Morgan fingerprint density at radius 2 is 1.62 bits per heavy atom. The van der Waals surface area contributed by atoms with Crippen LogP contribution in [0, 0.1) is 11.8 Å². The lowest BCUT2D eigenvalue weighted by atomic mass is 9.79. The number of H-pyrrole nitrogens is 1. The van der Waals surface area contributed by atoms with Gasteiger partial charge in [-0.15, -0.1) is 5.06 Å². The number of amides is 4. The van der Waals surface area contributed by atoms with Crippen LogP contribution in [-0.2, 0) is 22.5 Å². The highest BCUT2D eigenvalue weighted by atomic mass is 16.7. The van der Waals surface area contributed by atoms with Gasteiger partial charge in [-0.2, -0.15) is 0 Å². The molecule has 48 heavy (non-hydrogen) atoms. The second kappa shape index (κ2) is 14.6. The Hall–Kier alpha value is -4.09. The average Bonchev–Trinajstić information content (AvgIpc) is 3.50. The predicted octanol–water partition coefficient (Wildman–Crippen LogP) is 4.86. The summed E-state index contributed by atoms with van der Waals surface area (Å²) in [5.41, 5.74) is 4.04. The first-order valence-corrected chi connectivity index (χ1v) is 17.8. The summed E-state index contributed by atoms with van der Waals surface area (Å²) >= 11 is 0. The van der Waals surface area contributed by atoms with Crippen molar-refractivity contribution >= 4 is 34.6 Å². The molecule has 0 spiro atoms. The number of piperidine rings is 3. The van der Waals surface area contributed by atoms with Crippen LogP contribution in [0.1, 0.15) is 49.7 Å². The number of nitrogens with zero attached hydrogens (tertiary/aromatic N) is 4. The summed E-state index contributed by atoms with van der Waals surface area (Å²) in [4.78, 5) is 55.7. The van der Waals surface area contributed by atoms with Gasteiger partial charge < -0.3 is 35.2 Å². The molecule has 5 heterocycles. The Balaban J connectivity index is 0.950. The molecule has 1 aromatic heterocycles. The molecule has 0 radical (unpaired) electrons. The van der Waals surface area contributed by atoms with E-state index in [1.165, 1.54) is 12.8 Å². The number of hydrogen-bond acceptors (Lipinski definition) is 6. The SMILES string of the molecule is CN1CCC(C2CCN(C(=O)C(Cc3ccc4[nH]ccc4c3)NC(=O)ON3CCC(N4CCc5ccccc5NC4=O)CC3)CC2)CC1. The van der Waals surface area contributed by atoms with E-state index in [1.54, 1.807) is 5.06 Å². The van der Waals surface area contributed by atoms with Gasteiger partial charge in [0.05, 0.1) is 0 Å². The van der Waals surface area contributed by atoms with Crippen molar-refractivity contribution < 1.29 is 19.2 Å². The number of fused-ring (bicyclic) bond motifs is 2. The molecule has 4 aliphatic rings. The van der Waals surface area contributed by atoms with Crippen LogP contribution in [-0.4, -0.2) is 108 Å². The van der Waals surface area contributed by atoms with Crippen LogP contribution in [0.5, 0.6) is 0 Å². The Morgan fingerprint density at radius 1 is 0.896 bits per heavy atom. The molecule has 0 aliphatic carbocycles. The first-order valence-electron chi connectivity index (χ1n) is 17.8. The van der Waals surface area contributed by atoms with Crippen molar-refractivity contribution in [3.63, 3.8) is 0 Å². The van der Waals surface area contributed by atoms with Gasteiger partial charge in [-0.25, -0.2) is 9.59 Å². The third-order valence-corrected chi connectivity index (χ3v) is 11.1. The minimum absolute atomic E-state index is 0.0465. The van der Waals surface area contributed by atoms with Gasteiger partial charge in [0.15, 0.2) is 0 Å². The zero-order valence-electron chi connectivity index (χ0n) is 28.0. The number of carbonyl (C=O) groups is 3. The van der Waals surface area contributed by atoms with E-state index in [0.717, 1.165) is 79.1 Å². The highest BCUT2D eigenvalue weighted by Crippen LogP contribution is 2.32. The summed E-state index contributed by atoms with van der Waals surface area (Å²) in [6, 6.07) is 15.3. The van der Waals surface area contributed by atoms with Crippen LogP contribution in [0.2, 0.25) is 0 Å². The highest BCUT2D eigenvalue weighted by molar-refractivity contribution is 5.91. The van der Waals surface area contributed by atoms with Gasteiger partial charge in [-0.1, -0.05) is 24.3 Å². The Morgan fingerprint density at radius 3 is 2.40 bits per heavy atom. The summed E-state index contributed by atoms with van der Waals surface area (Å²) in [6.45, 7) is 5.45. The third kappa shape index (κ3) is 7.47. The number of nitrogens with one attached hydrogen (secondary N) is 3. The van der Waals surface area contributed by atoms with Crippen molar-refractivity contribution in [2.75, 3.05) is 58.2 Å². The predicted molar refractivity (Wildman–Crippen MR) is 185 cm³/mol. The lowest BCUT2D eigenvalue weighted by molar-refractivity contribution is -0.137. The van der Waals surface area contributed by atoms with E-state index in [9.17, 15) is 14.4 Å². The monoisotopic (exact) mass is 655 g/mol. The van der Waals surface area contributed by atoms with Crippen LogP contribution in [0.15, 0.2) is 54.7 Å². The Bertz CT molecular complexity index is 1590. The molecule has 0 bridgehead atoms. The number of urea groups is 1. The summed E-state index contributed by atoms with van der Waals surface area (Å²) in [6.07, 6.45) is 8.39. The van der Waals surface area contributed by atoms with E-state index in [0.29, 0.717) is 44.8 Å². The van der Waals surface area contributed by atoms with Crippen molar-refractivity contribution in [1.82, 2.24) is 30.1 Å². The van der Waals surface area contributed by atoms with Gasteiger partial charge in [-0.3, -0.25) is 4.79 Å². The molecule has 3 N–H and O–H groups in total. The number of carbonyl (C=O) groups excluding carboxylic acids is 3. The maximum Gasteiger partial charge on any atom is 0.426 e. The zero-order chi connectivity index (χ0) is 33.0. The maximum absolute atomic E-state index is 14.0. The largest absolute Gasteiger partial charge is 0.426 e. The van der Waals surface area contributed by atoms with Gasteiger partial charge in [-0.05, 0) is 118 Å². The number of hydroxylamine groups is 2. The topological polar surface area (TPSA) is 113 Å². The van der Waals surface area contributed by atoms with Crippen molar-refractivity contribution in [2.24, 2.45) is 11.8 Å². The molecule has 11 heteroatoms. The molecule has 1 atom stereocenters. The van der Waals surface area contributed by atoms with E-state index >= 15 is 0 Å². The number of hydrogen-bond donors (Lipinski definition) is 3. The molecular formula is C37H49N7O4. The fourth-order valence-corrected chi connectivity index (χ4v) is 8.25.